The van der Waals surface area contributed by atoms with Crippen LogP contribution in [0.15, 0.2) is 24.7 Å². The van der Waals surface area contributed by atoms with Crippen LogP contribution in [0.2, 0.25) is 0 Å². The molecule has 3 rings (SSSR count). The molecule has 1 aliphatic rings. The van der Waals surface area contributed by atoms with E-state index in [1.54, 1.807) is 25.6 Å². The SMILES string of the molecule is CNc1ncc(CN(C)c2nccc(N3CCC[C@@H](O)C3)n2)cn1. The summed E-state index contributed by atoms with van der Waals surface area (Å²) in [5.74, 6) is 2.10. The maximum absolute atomic E-state index is 9.84. The van der Waals surface area contributed by atoms with Crippen LogP contribution in [0, 0.1) is 0 Å². The van der Waals surface area contributed by atoms with Gasteiger partial charge in [0.25, 0.3) is 0 Å². The van der Waals surface area contributed by atoms with Crippen molar-refractivity contribution < 1.29 is 5.11 Å². The minimum absolute atomic E-state index is 0.280. The van der Waals surface area contributed by atoms with E-state index in [4.69, 9.17) is 0 Å². The van der Waals surface area contributed by atoms with Crippen molar-refractivity contribution in [3.8, 4) is 0 Å². The summed E-state index contributed by atoms with van der Waals surface area (Å²) < 4.78 is 0. The highest BCUT2D eigenvalue weighted by atomic mass is 16.3. The number of β-amino-alcohol motifs (C(OH)–C–C–N with tert-alkyl or cyclic N) is 1. The number of hydrogen-bond donors (Lipinski definition) is 2. The lowest BCUT2D eigenvalue weighted by Gasteiger charge is -2.31. The molecule has 2 aromatic heterocycles. The fraction of sp³-hybridized carbons (Fsp3) is 0.500. The van der Waals surface area contributed by atoms with Gasteiger partial charge in [-0.15, -0.1) is 0 Å². The van der Waals surface area contributed by atoms with Crippen LogP contribution in [-0.2, 0) is 6.54 Å². The zero-order valence-corrected chi connectivity index (χ0v) is 14.1. The second-order valence-electron chi connectivity index (χ2n) is 5.98. The van der Waals surface area contributed by atoms with Crippen molar-refractivity contribution in [2.45, 2.75) is 25.5 Å². The third-order valence-electron chi connectivity index (χ3n) is 4.04. The van der Waals surface area contributed by atoms with Gasteiger partial charge in [0.05, 0.1) is 6.10 Å². The van der Waals surface area contributed by atoms with Gasteiger partial charge >= 0.3 is 0 Å². The van der Waals surface area contributed by atoms with E-state index in [2.05, 4.69) is 30.2 Å². The number of nitrogens with zero attached hydrogens (tertiary/aromatic N) is 6. The van der Waals surface area contributed by atoms with E-state index in [0.29, 0.717) is 25.0 Å². The van der Waals surface area contributed by atoms with Crippen molar-refractivity contribution in [1.82, 2.24) is 19.9 Å². The first-order valence-corrected chi connectivity index (χ1v) is 8.11. The fourth-order valence-corrected chi connectivity index (χ4v) is 2.77. The third-order valence-corrected chi connectivity index (χ3v) is 4.04. The summed E-state index contributed by atoms with van der Waals surface area (Å²) in [5.41, 5.74) is 0.985. The molecule has 24 heavy (non-hydrogen) atoms. The molecule has 0 saturated carbocycles. The minimum atomic E-state index is -0.280. The molecule has 1 fully saturated rings. The Labute approximate surface area is 141 Å². The molecule has 0 aromatic carbocycles. The summed E-state index contributed by atoms with van der Waals surface area (Å²) in [7, 11) is 3.73. The summed E-state index contributed by atoms with van der Waals surface area (Å²) in [6.45, 7) is 2.16. The van der Waals surface area contributed by atoms with E-state index < -0.39 is 0 Å². The third kappa shape index (κ3) is 3.88. The number of aliphatic hydroxyl groups excluding tert-OH is 1. The number of anilines is 3. The number of aliphatic hydroxyl groups is 1. The summed E-state index contributed by atoms with van der Waals surface area (Å²) in [6, 6.07) is 1.89. The molecule has 0 spiro atoms. The van der Waals surface area contributed by atoms with Gasteiger partial charge in [-0.2, -0.15) is 4.98 Å². The predicted molar refractivity (Wildman–Crippen MR) is 93.2 cm³/mol. The summed E-state index contributed by atoms with van der Waals surface area (Å²) in [4.78, 5) is 21.5. The quantitative estimate of drug-likeness (QED) is 0.836. The number of piperidine rings is 1. The molecule has 0 radical (unpaired) electrons. The van der Waals surface area contributed by atoms with Crippen LogP contribution in [-0.4, -0.2) is 58.3 Å². The van der Waals surface area contributed by atoms with Gasteiger partial charge < -0.3 is 20.2 Å². The van der Waals surface area contributed by atoms with Crippen LogP contribution < -0.4 is 15.1 Å². The second-order valence-corrected chi connectivity index (χ2v) is 5.98. The first kappa shape index (κ1) is 16.4. The number of rotatable bonds is 5. The van der Waals surface area contributed by atoms with Gasteiger partial charge in [0.2, 0.25) is 11.9 Å². The van der Waals surface area contributed by atoms with Gasteiger partial charge in [-0.05, 0) is 18.9 Å². The van der Waals surface area contributed by atoms with Crippen LogP contribution in [0.5, 0.6) is 0 Å². The van der Waals surface area contributed by atoms with Crippen molar-refractivity contribution in [2.24, 2.45) is 0 Å². The second kappa shape index (κ2) is 7.39. The van der Waals surface area contributed by atoms with E-state index in [0.717, 1.165) is 30.8 Å². The normalized spacial score (nSPS) is 17.6. The Balaban J connectivity index is 1.70. The summed E-state index contributed by atoms with van der Waals surface area (Å²) >= 11 is 0. The maximum atomic E-state index is 9.84. The molecule has 1 saturated heterocycles. The first-order chi connectivity index (χ1) is 11.7. The Morgan fingerprint density at radius 2 is 2.12 bits per heavy atom. The van der Waals surface area contributed by atoms with Crippen LogP contribution in [0.3, 0.4) is 0 Å². The monoisotopic (exact) mass is 329 g/mol. The van der Waals surface area contributed by atoms with Gasteiger partial charge in [-0.1, -0.05) is 0 Å². The van der Waals surface area contributed by atoms with Crippen molar-refractivity contribution in [1.29, 1.82) is 0 Å². The minimum Gasteiger partial charge on any atom is -0.391 e. The Kier molecular flexibility index (Phi) is 5.05. The van der Waals surface area contributed by atoms with Gasteiger partial charge in [0.15, 0.2) is 0 Å². The molecule has 1 atom stereocenters. The van der Waals surface area contributed by atoms with Crippen molar-refractivity contribution in [2.75, 3.05) is 42.3 Å². The number of nitrogens with one attached hydrogen (secondary N) is 1. The Bertz CT molecular complexity index is 664. The van der Waals surface area contributed by atoms with Gasteiger partial charge in [0, 0.05) is 57.9 Å². The lowest BCUT2D eigenvalue weighted by molar-refractivity contribution is 0.154. The molecular weight excluding hydrogens is 306 g/mol. The largest absolute Gasteiger partial charge is 0.391 e. The zero-order chi connectivity index (χ0) is 16.9. The van der Waals surface area contributed by atoms with Gasteiger partial charge in [-0.25, -0.2) is 15.0 Å². The lowest BCUT2D eigenvalue weighted by Crippen LogP contribution is -2.38. The molecule has 0 unspecified atom stereocenters. The molecule has 3 heterocycles. The standard InChI is InChI=1S/C16H23N7O/c1-17-15-19-8-12(9-20-15)10-22(2)16-18-6-5-14(21-16)23-7-3-4-13(24)11-23/h5-6,8-9,13,24H,3-4,7,10-11H2,1-2H3,(H,17,19,20)/t13-/m1/s1. The molecule has 8 heteroatoms. The Morgan fingerprint density at radius 1 is 1.33 bits per heavy atom. The average Bonchev–Trinajstić information content (AvgIpc) is 2.62. The molecule has 0 aliphatic carbocycles. The summed E-state index contributed by atoms with van der Waals surface area (Å²) in [6.07, 6.45) is 6.90. The number of aromatic nitrogens is 4. The van der Waals surface area contributed by atoms with E-state index in [-0.39, 0.29) is 6.10 Å². The van der Waals surface area contributed by atoms with E-state index in [1.807, 2.05) is 18.0 Å². The molecule has 0 amide bonds. The molecule has 0 bridgehead atoms. The molecule has 128 valence electrons. The highest BCUT2D eigenvalue weighted by Crippen LogP contribution is 2.20. The van der Waals surface area contributed by atoms with Crippen molar-refractivity contribution in [3.05, 3.63) is 30.2 Å². The maximum Gasteiger partial charge on any atom is 0.227 e. The Morgan fingerprint density at radius 3 is 2.83 bits per heavy atom. The molecule has 8 nitrogen and oxygen atoms in total. The topological polar surface area (TPSA) is 90.3 Å². The van der Waals surface area contributed by atoms with Crippen LogP contribution in [0.25, 0.3) is 0 Å². The highest BCUT2D eigenvalue weighted by molar-refractivity contribution is 5.44. The first-order valence-electron chi connectivity index (χ1n) is 8.11. The molecule has 2 aromatic rings. The van der Waals surface area contributed by atoms with Crippen molar-refractivity contribution in [3.63, 3.8) is 0 Å². The highest BCUT2D eigenvalue weighted by Gasteiger charge is 2.19. The summed E-state index contributed by atoms with van der Waals surface area (Å²) in [5, 5.41) is 12.7. The van der Waals surface area contributed by atoms with Gasteiger partial charge in [-0.3, -0.25) is 0 Å². The van der Waals surface area contributed by atoms with Gasteiger partial charge in [0.1, 0.15) is 5.82 Å². The molecule has 1 aliphatic heterocycles. The van der Waals surface area contributed by atoms with Crippen LogP contribution in [0.1, 0.15) is 18.4 Å². The average molecular weight is 329 g/mol. The van der Waals surface area contributed by atoms with Crippen LogP contribution >= 0.6 is 0 Å². The number of hydrogen-bond acceptors (Lipinski definition) is 8. The molecular formula is C16H23N7O. The van der Waals surface area contributed by atoms with E-state index in [9.17, 15) is 5.11 Å². The van der Waals surface area contributed by atoms with E-state index in [1.165, 1.54) is 0 Å². The molecule has 2 N–H and O–H groups in total. The fourth-order valence-electron chi connectivity index (χ4n) is 2.77. The smallest absolute Gasteiger partial charge is 0.227 e. The van der Waals surface area contributed by atoms with Crippen molar-refractivity contribution >= 4 is 17.7 Å². The Hall–Kier alpha value is -2.48. The zero-order valence-electron chi connectivity index (χ0n) is 14.1. The van der Waals surface area contributed by atoms with Crippen LogP contribution in [0.4, 0.5) is 17.7 Å². The van der Waals surface area contributed by atoms with E-state index >= 15 is 0 Å². The predicted octanol–water partition coefficient (Wildman–Crippen LogP) is 0.906. The lowest BCUT2D eigenvalue weighted by atomic mass is 10.1.